The fourth-order valence-electron chi connectivity index (χ4n) is 1.72. The molecule has 2 aromatic rings. The molecule has 0 saturated heterocycles. The molecule has 0 N–H and O–H groups in total. The standard InChI is InChI=1S/C15H17NO.2C2H6/c1-13-10-15(12-16-11-13)17-9-5-8-14-6-3-2-4-7-14;2*1-2/h2-4,6-7,10-12H,5,8-9H2,1H3;2*1-2H3. The van der Waals surface area contributed by atoms with Gasteiger partial charge in [-0.3, -0.25) is 4.98 Å². The smallest absolute Gasteiger partial charge is 0.137 e. The van der Waals surface area contributed by atoms with Crippen molar-refractivity contribution in [3.63, 3.8) is 0 Å². The second-order valence-electron chi connectivity index (χ2n) is 4.14. The van der Waals surface area contributed by atoms with E-state index in [4.69, 9.17) is 4.74 Å². The molecule has 0 aliphatic heterocycles. The van der Waals surface area contributed by atoms with Gasteiger partial charge in [-0.1, -0.05) is 58.0 Å². The van der Waals surface area contributed by atoms with Crippen molar-refractivity contribution in [2.45, 2.75) is 47.5 Å². The van der Waals surface area contributed by atoms with Crippen LogP contribution in [-0.2, 0) is 6.42 Å². The Balaban J connectivity index is 0.000000921. The van der Waals surface area contributed by atoms with Crippen LogP contribution in [0.5, 0.6) is 5.75 Å². The number of rotatable bonds is 5. The van der Waals surface area contributed by atoms with Crippen LogP contribution >= 0.6 is 0 Å². The summed E-state index contributed by atoms with van der Waals surface area (Å²) < 4.78 is 5.65. The summed E-state index contributed by atoms with van der Waals surface area (Å²) in [6, 6.07) is 12.5. The summed E-state index contributed by atoms with van der Waals surface area (Å²) in [7, 11) is 0. The van der Waals surface area contributed by atoms with Crippen LogP contribution in [0, 0.1) is 6.92 Å². The van der Waals surface area contributed by atoms with E-state index >= 15 is 0 Å². The summed E-state index contributed by atoms with van der Waals surface area (Å²) in [6.45, 7) is 10.8. The highest BCUT2D eigenvalue weighted by atomic mass is 16.5. The molecule has 0 saturated carbocycles. The Bertz CT molecular complexity index is 454. The van der Waals surface area contributed by atoms with Gasteiger partial charge in [0.15, 0.2) is 0 Å². The lowest BCUT2D eigenvalue weighted by Gasteiger charge is -2.06. The van der Waals surface area contributed by atoms with E-state index in [1.807, 2.05) is 52.9 Å². The third-order valence-electron chi connectivity index (χ3n) is 2.57. The lowest BCUT2D eigenvalue weighted by atomic mass is 10.1. The first-order valence-corrected chi connectivity index (χ1v) is 7.93. The largest absolute Gasteiger partial charge is 0.492 e. The molecule has 21 heavy (non-hydrogen) atoms. The van der Waals surface area contributed by atoms with Crippen molar-refractivity contribution in [1.82, 2.24) is 4.98 Å². The van der Waals surface area contributed by atoms with E-state index in [-0.39, 0.29) is 0 Å². The Labute approximate surface area is 130 Å². The summed E-state index contributed by atoms with van der Waals surface area (Å²) >= 11 is 0. The molecule has 0 aliphatic carbocycles. The predicted molar refractivity (Wildman–Crippen MR) is 91.9 cm³/mol. The summed E-state index contributed by atoms with van der Waals surface area (Å²) in [5, 5.41) is 0. The molecule has 0 atom stereocenters. The van der Waals surface area contributed by atoms with Gasteiger partial charge >= 0.3 is 0 Å². The predicted octanol–water partition coefficient (Wildman–Crippen LogP) is 5.45. The highest BCUT2D eigenvalue weighted by Gasteiger charge is 1.96. The van der Waals surface area contributed by atoms with Gasteiger partial charge in [0.05, 0.1) is 12.8 Å². The second-order valence-corrected chi connectivity index (χ2v) is 4.14. The molecule has 0 radical (unpaired) electrons. The monoisotopic (exact) mass is 287 g/mol. The van der Waals surface area contributed by atoms with Gasteiger partial charge in [0.1, 0.15) is 5.75 Å². The van der Waals surface area contributed by atoms with Crippen LogP contribution in [0.2, 0.25) is 0 Å². The molecule has 0 spiro atoms. The van der Waals surface area contributed by atoms with Crippen LogP contribution < -0.4 is 4.74 Å². The van der Waals surface area contributed by atoms with Gasteiger partial charge in [-0.05, 0) is 37.0 Å². The number of hydrogen-bond donors (Lipinski definition) is 0. The van der Waals surface area contributed by atoms with Gasteiger partial charge in [0.2, 0.25) is 0 Å². The Kier molecular flexibility index (Phi) is 12.0. The molecule has 2 rings (SSSR count). The van der Waals surface area contributed by atoms with E-state index in [2.05, 4.69) is 29.2 Å². The number of nitrogens with zero attached hydrogens (tertiary/aromatic N) is 1. The Morgan fingerprint density at radius 3 is 2.24 bits per heavy atom. The van der Waals surface area contributed by atoms with Gasteiger partial charge in [-0.25, -0.2) is 0 Å². The first kappa shape index (κ1) is 19.2. The topological polar surface area (TPSA) is 22.1 Å². The number of aromatic nitrogens is 1. The van der Waals surface area contributed by atoms with Gasteiger partial charge < -0.3 is 4.74 Å². The van der Waals surface area contributed by atoms with Crippen molar-refractivity contribution >= 4 is 0 Å². The lowest BCUT2D eigenvalue weighted by Crippen LogP contribution is -1.99. The van der Waals surface area contributed by atoms with Crippen molar-refractivity contribution in [3.8, 4) is 5.75 Å². The molecule has 0 bridgehead atoms. The van der Waals surface area contributed by atoms with E-state index in [1.165, 1.54) is 5.56 Å². The van der Waals surface area contributed by atoms with Crippen LogP contribution in [0.1, 0.15) is 45.2 Å². The number of pyridine rings is 1. The van der Waals surface area contributed by atoms with E-state index in [0.717, 1.165) is 30.8 Å². The molecule has 1 aromatic carbocycles. The second kappa shape index (κ2) is 13.2. The van der Waals surface area contributed by atoms with Gasteiger partial charge in [0, 0.05) is 6.20 Å². The van der Waals surface area contributed by atoms with Crippen molar-refractivity contribution in [3.05, 3.63) is 59.9 Å². The molecular formula is C19H29NO. The molecule has 116 valence electrons. The van der Waals surface area contributed by atoms with Crippen LogP contribution in [0.15, 0.2) is 48.8 Å². The SMILES string of the molecule is CC.CC.Cc1cncc(OCCCc2ccccc2)c1. The number of ether oxygens (including phenoxy) is 1. The van der Waals surface area contributed by atoms with Crippen LogP contribution in [0.25, 0.3) is 0 Å². The molecule has 2 nitrogen and oxygen atoms in total. The maximum atomic E-state index is 5.65. The van der Waals surface area contributed by atoms with E-state index in [0.29, 0.717) is 0 Å². The third kappa shape index (κ3) is 8.85. The van der Waals surface area contributed by atoms with Crippen molar-refractivity contribution in [2.75, 3.05) is 6.61 Å². The number of benzene rings is 1. The molecule has 0 fully saturated rings. The quantitative estimate of drug-likeness (QED) is 0.682. The summed E-state index contributed by atoms with van der Waals surface area (Å²) in [6.07, 6.45) is 5.67. The average molecular weight is 287 g/mol. The normalized spacial score (nSPS) is 8.81. The van der Waals surface area contributed by atoms with Crippen LogP contribution in [0.3, 0.4) is 0 Å². The van der Waals surface area contributed by atoms with Crippen molar-refractivity contribution in [1.29, 1.82) is 0 Å². The van der Waals surface area contributed by atoms with Gasteiger partial charge in [0.25, 0.3) is 0 Å². The molecule has 0 unspecified atom stereocenters. The maximum Gasteiger partial charge on any atom is 0.137 e. The first-order valence-electron chi connectivity index (χ1n) is 7.93. The van der Waals surface area contributed by atoms with Crippen LogP contribution in [0.4, 0.5) is 0 Å². The van der Waals surface area contributed by atoms with Gasteiger partial charge in [-0.15, -0.1) is 0 Å². The molecule has 2 heteroatoms. The van der Waals surface area contributed by atoms with E-state index in [9.17, 15) is 0 Å². The molecule has 0 amide bonds. The minimum absolute atomic E-state index is 0.736. The molecule has 1 heterocycles. The average Bonchev–Trinajstić information content (AvgIpc) is 2.56. The van der Waals surface area contributed by atoms with Gasteiger partial charge in [-0.2, -0.15) is 0 Å². The fourth-order valence-corrected chi connectivity index (χ4v) is 1.72. The highest BCUT2D eigenvalue weighted by Crippen LogP contribution is 2.11. The Hall–Kier alpha value is -1.83. The van der Waals surface area contributed by atoms with E-state index in [1.54, 1.807) is 6.20 Å². The first-order chi connectivity index (χ1) is 10.3. The summed E-state index contributed by atoms with van der Waals surface area (Å²) in [4.78, 5) is 4.10. The van der Waals surface area contributed by atoms with Crippen molar-refractivity contribution in [2.24, 2.45) is 0 Å². The van der Waals surface area contributed by atoms with Crippen LogP contribution in [-0.4, -0.2) is 11.6 Å². The zero-order chi connectivity index (χ0) is 15.9. The zero-order valence-electron chi connectivity index (χ0n) is 14.1. The molecule has 1 aromatic heterocycles. The van der Waals surface area contributed by atoms with E-state index < -0.39 is 0 Å². The molecule has 0 aliphatic rings. The summed E-state index contributed by atoms with van der Waals surface area (Å²) in [5.74, 6) is 0.859. The maximum absolute atomic E-state index is 5.65. The number of aryl methyl sites for hydroxylation is 2. The Morgan fingerprint density at radius 1 is 0.952 bits per heavy atom. The molecular weight excluding hydrogens is 258 g/mol. The zero-order valence-corrected chi connectivity index (χ0v) is 14.1. The third-order valence-corrected chi connectivity index (χ3v) is 2.57. The summed E-state index contributed by atoms with van der Waals surface area (Å²) in [5.41, 5.74) is 2.49. The lowest BCUT2D eigenvalue weighted by molar-refractivity contribution is 0.309. The Morgan fingerprint density at radius 2 is 1.62 bits per heavy atom. The van der Waals surface area contributed by atoms with Crippen molar-refractivity contribution < 1.29 is 4.74 Å². The highest BCUT2D eigenvalue weighted by molar-refractivity contribution is 5.22. The fraction of sp³-hybridized carbons (Fsp3) is 0.421. The number of hydrogen-bond acceptors (Lipinski definition) is 2. The minimum atomic E-state index is 0.736. The minimum Gasteiger partial charge on any atom is -0.492 e.